The normalized spacial score (nSPS) is 17.7. The highest BCUT2D eigenvalue weighted by atomic mass is 19.3. The van der Waals surface area contributed by atoms with Gasteiger partial charge in [-0.25, -0.2) is 18.6 Å². The predicted octanol–water partition coefficient (Wildman–Crippen LogP) is 2.65. The SMILES string of the molecule is COC(=O)c1ccc(C2=CCC(F)(F)CC2)nc1N. The molecule has 0 amide bonds. The zero-order valence-corrected chi connectivity index (χ0v) is 10.5. The number of rotatable bonds is 2. The van der Waals surface area contributed by atoms with E-state index in [1.165, 1.54) is 19.3 Å². The molecule has 0 atom stereocenters. The van der Waals surface area contributed by atoms with E-state index in [0.29, 0.717) is 5.69 Å². The fourth-order valence-corrected chi connectivity index (χ4v) is 1.96. The third-order valence-corrected chi connectivity index (χ3v) is 3.07. The van der Waals surface area contributed by atoms with Gasteiger partial charge < -0.3 is 10.5 Å². The number of aromatic nitrogens is 1. The maximum atomic E-state index is 13.0. The number of alkyl halides is 2. The van der Waals surface area contributed by atoms with Crippen LogP contribution in [0.5, 0.6) is 0 Å². The Morgan fingerprint density at radius 1 is 1.47 bits per heavy atom. The molecule has 0 saturated carbocycles. The van der Waals surface area contributed by atoms with Crippen molar-refractivity contribution in [1.82, 2.24) is 4.98 Å². The van der Waals surface area contributed by atoms with Crippen LogP contribution in [0.4, 0.5) is 14.6 Å². The molecule has 0 saturated heterocycles. The first-order valence-corrected chi connectivity index (χ1v) is 5.85. The van der Waals surface area contributed by atoms with Crippen LogP contribution in [0.15, 0.2) is 18.2 Å². The fourth-order valence-electron chi connectivity index (χ4n) is 1.96. The van der Waals surface area contributed by atoms with E-state index in [9.17, 15) is 13.6 Å². The number of esters is 1. The minimum Gasteiger partial charge on any atom is -0.465 e. The molecule has 4 nitrogen and oxygen atoms in total. The standard InChI is InChI=1S/C13H14F2N2O2/c1-19-12(18)9-2-3-10(17-11(9)16)8-4-6-13(14,15)7-5-8/h2-4H,5-7H2,1H3,(H2,16,17). The van der Waals surface area contributed by atoms with Crippen LogP contribution >= 0.6 is 0 Å². The highest BCUT2D eigenvalue weighted by Crippen LogP contribution is 2.35. The number of halogens is 2. The zero-order valence-electron chi connectivity index (χ0n) is 10.5. The number of methoxy groups -OCH3 is 1. The summed E-state index contributed by atoms with van der Waals surface area (Å²) in [5, 5.41) is 0. The molecule has 1 aliphatic carbocycles. The van der Waals surface area contributed by atoms with Crippen molar-refractivity contribution in [3.63, 3.8) is 0 Å². The van der Waals surface area contributed by atoms with Crippen molar-refractivity contribution in [3.8, 4) is 0 Å². The van der Waals surface area contributed by atoms with Gasteiger partial charge in [0.05, 0.1) is 12.8 Å². The molecule has 1 aliphatic rings. The molecule has 2 N–H and O–H groups in total. The maximum absolute atomic E-state index is 13.0. The van der Waals surface area contributed by atoms with E-state index in [1.807, 2.05) is 0 Å². The van der Waals surface area contributed by atoms with Gasteiger partial charge in [-0.1, -0.05) is 6.08 Å². The Labute approximate surface area is 109 Å². The van der Waals surface area contributed by atoms with Crippen LogP contribution in [0.1, 0.15) is 35.3 Å². The Bertz CT molecular complexity index is 541. The lowest BCUT2D eigenvalue weighted by Crippen LogP contribution is -2.18. The second-order valence-electron chi connectivity index (χ2n) is 4.41. The van der Waals surface area contributed by atoms with Gasteiger partial charge in [0.2, 0.25) is 0 Å². The Kier molecular flexibility index (Phi) is 3.50. The van der Waals surface area contributed by atoms with E-state index >= 15 is 0 Å². The number of hydrogen-bond acceptors (Lipinski definition) is 4. The van der Waals surface area contributed by atoms with Gasteiger partial charge in [-0.2, -0.15) is 0 Å². The Morgan fingerprint density at radius 2 is 2.21 bits per heavy atom. The Balaban J connectivity index is 2.26. The van der Waals surface area contributed by atoms with E-state index in [-0.39, 0.29) is 30.6 Å². The average Bonchev–Trinajstić information content (AvgIpc) is 2.37. The van der Waals surface area contributed by atoms with E-state index in [0.717, 1.165) is 5.57 Å². The number of allylic oxidation sites excluding steroid dienone is 2. The molecule has 1 heterocycles. The number of carbonyl (C=O) groups is 1. The Hall–Kier alpha value is -1.98. The molecule has 2 rings (SSSR count). The van der Waals surface area contributed by atoms with Gasteiger partial charge in [0.1, 0.15) is 11.4 Å². The molecule has 1 aromatic rings. The first-order chi connectivity index (χ1) is 8.93. The number of nitrogens with zero attached hydrogens (tertiary/aromatic N) is 1. The predicted molar refractivity (Wildman–Crippen MR) is 66.8 cm³/mol. The quantitative estimate of drug-likeness (QED) is 0.837. The van der Waals surface area contributed by atoms with Gasteiger partial charge in [0, 0.05) is 12.8 Å². The maximum Gasteiger partial charge on any atom is 0.341 e. The largest absolute Gasteiger partial charge is 0.465 e. The minimum absolute atomic E-state index is 0.0441. The van der Waals surface area contributed by atoms with Crippen LogP contribution in [-0.2, 0) is 4.74 Å². The van der Waals surface area contributed by atoms with Crippen LogP contribution in [0.25, 0.3) is 5.57 Å². The minimum atomic E-state index is -2.64. The molecule has 0 aromatic carbocycles. The summed E-state index contributed by atoms with van der Waals surface area (Å²) in [6.07, 6.45) is 1.24. The number of anilines is 1. The molecule has 0 aliphatic heterocycles. The lowest BCUT2D eigenvalue weighted by molar-refractivity contribution is -0.00605. The molecular weight excluding hydrogens is 254 g/mol. The topological polar surface area (TPSA) is 65.2 Å². The first kappa shape index (κ1) is 13.5. The van der Waals surface area contributed by atoms with E-state index in [4.69, 9.17) is 5.73 Å². The highest BCUT2D eigenvalue weighted by molar-refractivity contribution is 5.94. The summed E-state index contributed by atoms with van der Waals surface area (Å²) in [6, 6.07) is 3.09. The van der Waals surface area contributed by atoms with Crippen molar-refractivity contribution in [2.75, 3.05) is 12.8 Å². The van der Waals surface area contributed by atoms with Gasteiger partial charge in [-0.3, -0.25) is 0 Å². The van der Waals surface area contributed by atoms with E-state index in [2.05, 4.69) is 9.72 Å². The van der Waals surface area contributed by atoms with Crippen LogP contribution < -0.4 is 5.73 Å². The zero-order chi connectivity index (χ0) is 14.0. The molecule has 0 bridgehead atoms. The van der Waals surface area contributed by atoms with Crippen molar-refractivity contribution < 1.29 is 18.3 Å². The molecule has 1 aromatic heterocycles. The van der Waals surface area contributed by atoms with Gasteiger partial charge in [-0.15, -0.1) is 0 Å². The lowest BCUT2D eigenvalue weighted by Gasteiger charge is -2.21. The highest BCUT2D eigenvalue weighted by Gasteiger charge is 2.31. The molecule has 0 radical (unpaired) electrons. The number of hydrogen-bond donors (Lipinski definition) is 1. The van der Waals surface area contributed by atoms with Crippen LogP contribution in [0, 0.1) is 0 Å². The van der Waals surface area contributed by atoms with E-state index in [1.54, 1.807) is 6.07 Å². The van der Waals surface area contributed by atoms with Gasteiger partial charge in [-0.05, 0) is 24.1 Å². The molecule has 6 heteroatoms. The molecule has 0 unspecified atom stereocenters. The number of nitrogen functional groups attached to an aromatic ring is 1. The van der Waals surface area contributed by atoms with Crippen molar-refractivity contribution in [3.05, 3.63) is 29.5 Å². The summed E-state index contributed by atoms with van der Waals surface area (Å²) in [5.41, 5.74) is 7.10. The third-order valence-electron chi connectivity index (χ3n) is 3.07. The van der Waals surface area contributed by atoms with Crippen molar-refractivity contribution >= 4 is 17.4 Å². The Morgan fingerprint density at radius 3 is 2.74 bits per heavy atom. The molecule has 19 heavy (non-hydrogen) atoms. The number of carbonyl (C=O) groups excluding carboxylic acids is 1. The molecular formula is C13H14F2N2O2. The van der Waals surface area contributed by atoms with Gasteiger partial charge >= 0.3 is 5.97 Å². The molecule has 0 fully saturated rings. The average molecular weight is 268 g/mol. The number of nitrogens with two attached hydrogens (primary N) is 1. The summed E-state index contributed by atoms with van der Waals surface area (Å²) in [4.78, 5) is 15.4. The number of pyridine rings is 1. The summed E-state index contributed by atoms with van der Waals surface area (Å²) in [6.45, 7) is 0. The van der Waals surface area contributed by atoms with Gasteiger partial charge in [0.25, 0.3) is 5.92 Å². The summed E-state index contributed by atoms with van der Waals surface area (Å²) in [7, 11) is 1.25. The van der Waals surface area contributed by atoms with Crippen LogP contribution in [0.2, 0.25) is 0 Å². The van der Waals surface area contributed by atoms with E-state index < -0.39 is 11.9 Å². The summed E-state index contributed by atoms with van der Waals surface area (Å²) >= 11 is 0. The molecule has 0 spiro atoms. The van der Waals surface area contributed by atoms with Crippen molar-refractivity contribution in [1.29, 1.82) is 0 Å². The monoisotopic (exact) mass is 268 g/mol. The summed E-state index contributed by atoms with van der Waals surface area (Å²) < 4.78 is 30.6. The molecule has 102 valence electrons. The fraction of sp³-hybridized carbons (Fsp3) is 0.385. The second-order valence-corrected chi connectivity index (χ2v) is 4.41. The summed E-state index contributed by atoms with van der Waals surface area (Å²) in [5.74, 6) is -3.16. The lowest BCUT2D eigenvalue weighted by atomic mass is 9.94. The van der Waals surface area contributed by atoms with Crippen LogP contribution in [0.3, 0.4) is 0 Å². The van der Waals surface area contributed by atoms with Crippen molar-refractivity contribution in [2.24, 2.45) is 0 Å². The third kappa shape index (κ3) is 2.89. The first-order valence-electron chi connectivity index (χ1n) is 5.85. The number of ether oxygens (including phenoxy) is 1. The smallest absolute Gasteiger partial charge is 0.341 e. The van der Waals surface area contributed by atoms with Crippen molar-refractivity contribution in [2.45, 2.75) is 25.2 Å². The second kappa shape index (κ2) is 4.95. The van der Waals surface area contributed by atoms with Gasteiger partial charge in [0.15, 0.2) is 0 Å². The van der Waals surface area contributed by atoms with Crippen LogP contribution in [-0.4, -0.2) is 24.0 Å².